The van der Waals surface area contributed by atoms with Gasteiger partial charge in [-0.1, -0.05) is 30.3 Å². The van der Waals surface area contributed by atoms with Crippen molar-refractivity contribution in [1.29, 1.82) is 0 Å². The second-order valence-electron chi connectivity index (χ2n) is 9.15. The zero-order valence-electron chi connectivity index (χ0n) is 20.5. The van der Waals surface area contributed by atoms with E-state index >= 15 is 0 Å². The summed E-state index contributed by atoms with van der Waals surface area (Å²) >= 11 is 0. The Labute approximate surface area is 203 Å². The van der Waals surface area contributed by atoms with E-state index in [2.05, 4.69) is 45.4 Å². The number of rotatable bonds is 9. The molecule has 2 aliphatic heterocycles. The first-order chi connectivity index (χ1) is 16.7. The summed E-state index contributed by atoms with van der Waals surface area (Å²) in [4.78, 5) is 19.9. The van der Waals surface area contributed by atoms with E-state index in [0.717, 1.165) is 82.1 Å². The molecule has 2 saturated heterocycles. The van der Waals surface area contributed by atoms with Crippen LogP contribution in [0.2, 0.25) is 0 Å². The second-order valence-corrected chi connectivity index (χ2v) is 9.15. The molecule has 7 nitrogen and oxygen atoms in total. The van der Waals surface area contributed by atoms with E-state index in [-0.39, 0.29) is 12.1 Å². The Morgan fingerprint density at radius 1 is 0.971 bits per heavy atom. The van der Waals surface area contributed by atoms with Crippen LogP contribution in [0.4, 0.5) is 4.79 Å². The average molecular weight is 467 g/mol. The summed E-state index contributed by atoms with van der Waals surface area (Å²) in [6.07, 6.45) is 2.92. The van der Waals surface area contributed by atoms with Gasteiger partial charge in [0.25, 0.3) is 0 Å². The third-order valence-electron chi connectivity index (χ3n) is 6.95. The molecule has 4 rings (SSSR count). The number of likely N-dealkylation sites (tertiary alicyclic amines) is 1. The van der Waals surface area contributed by atoms with E-state index < -0.39 is 0 Å². The molecule has 184 valence electrons. The maximum atomic E-state index is 12.9. The van der Waals surface area contributed by atoms with Crippen molar-refractivity contribution in [1.82, 2.24) is 20.0 Å². The molecule has 0 aromatic heterocycles. The smallest absolute Gasteiger partial charge is 0.317 e. The maximum Gasteiger partial charge on any atom is 0.317 e. The van der Waals surface area contributed by atoms with Crippen molar-refractivity contribution in [3.05, 3.63) is 59.7 Å². The van der Waals surface area contributed by atoms with Gasteiger partial charge in [-0.2, -0.15) is 0 Å². The Hall–Kier alpha value is -2.77. The van der Waals surface area contributed by atoms with Crippen molar-refractivity contribution < 1.29 is 14.3 Å². The molecular formula is C27H38N4O3. The zero-order valence-corrected chi connectivity index (χ0v) is 20.5. The van der Waals surface area contributed by atoms with E-state index in [1.54, 1.807) is 14.2 Å². The molecule has 34 heavy (non-hydrogen) atoms. The molecule has 0 bridgehead atoms. The lowest BCUT2D eigenvalue weighted by Crippen LogP contribution is -2.46. The molecule has 0 saturated carbocycles. The molecule has 2 aromatic carbocycles. The lowest BCUT2D eigenvalue weighted by atomic mass is 10.0. The van der Waals surface area contributed by atoms with E-state index in [1.165, 1.54) is 5.56 Å². The van der Waals surface area contributed by atoms with Crippen LogP contribution < -0.4 is 14.8 Å². The number of carbonyl (C=O) groups is 1. The molecule has 2 heterocycles. The maximum absolute atomic E-state index is 12.9. The number of urea groups is 1. The fourth-order valence-electron chi connectivity index (χ4n) is 5.04. The molecule has 0 aliphatic carbocycles. The first-order valence-corrected chi connectivity index (χ1v) is 12.4. The average Bonchev–Trinajstić information content (AvgIpc) is 3.37. The monoisotopic (exact) mass is 466 g/mol. The third kappa shape index (κ3) is 6.21. The molecule has 0 radical (unpaired) electrons. The van der Waals surface area contributed by atoms with Gasteiger partial charge >= 0.3 is 6.03 Å². The third-order valence-corrected chi connectivity index (χ3v) is 6.95. The number of hydrogen-bond donors (Lipinski definition) is 1. The summed E-state index contributed by atoms with van der Waals surface area (Å²) in [5, 5.41) is 3.15. The summed E-state index contributed by atoms with van der Waals surface area (Å²) in [5.41, 5.74) is 2.43. The predicted molar refractivity (Wildman–Crippen MR) is 134 cm³/mol. The van der Waals surface area contributed by atoms with Crippen molar-refractivity contribution in [2.45, 2.75) is 31.8 Å². The number of carbonyl (C=O) groups excluding carboxylic acids is 1. The molecule has 1 atom stereocenters. The molecule has 1 N–H and O–H groups in total. The number of amides is 2. The highest BCUT2D eigenvalue weighted by Gasteiger charge is 2.32. The normalized spacial score (nSPS) is 19.2. The molecule has 2 fully saturated rings. The Morgan fingerprint density at radius 3 is 2.47 bits per heavy atom. The summed E-state index contributed by atoms with van der Waals surface area (Å²) in [5.74, 6) is 1.53. The number of ether oxygens (including phenoxy) is 2. The Kier molecular flexibility index (Phi) is 8.66. The van der Waals surface area contributed by atoms with Crippen molar-refractivity contribution in [2.24, 2.45) is 0 Å². The minimum atomic E-state index is 0.0213. The van der Waals surface area contributed by atoms with Gasteiger partial charge < -0.3 is 24.6 Å². The lowest BCUT2D eigenvalue weighted by Gasteiger charge is -2.34. The van der Waals surface area contributed by atoms with E-state index in [9.17, 15) is 4.79 Å². The van der Waals surface area contributed by atoms with Gasteiger partial charge in [0, 0.05) is 57.4 Å². The largest absolute Gasteiger partial charge is 0.497 e. The molecule has 7 heteroatoms. The lowest BCUT2D eigenvalue weighted by molar-refractivity contribution is 0.126. The van der Waals surface area contributed by atoms with Crippen LogP contribution in [0.25, 0.3) is 0 Å². The van der Waals surface area contributed by atoms with Crippen LogP contribution in [0.3, 0.4) is 0 Å². The zero-order chi connectivity index (χ0) is 23.8. The van der Waals surface area contributed by atoms with Crippen molar-refractivity contribution >= 4 is 6.03 Å². The highest BCUT2D eigenvalue weighted by atomic mass is 16.5. The van der Waals surface area contributed by atoms with Crippen LogP contribution >= 0.6 is 0 Å². The standard InChI is InChI=1S/C27H38N4O3/c1-33-23-11-12-24(26(20-23)34-2)25-10-6-15-31(25)27(32)28-13-7-14-29-16-18-30(19-17-29)21-22-8-4-3-5-9-22/h3-5,8-9,11-12,20,25H,6-7,10,13-19,21H2,1-2H3,(H,28,32). The van der Waals surface area contributed by atoms with E-state index in [0.29, 0.717) is 6.54 Å². The number of nitrogens with one attached hydrogen (secondary N) is 1. The second kappa shape index (κ2) is 12.1. The van der Waals surface area contributed by atoms with E-state index in [1.807, 2.05) is 23.1 Å². The van der Waals surface area contributed by atoms with Crippen molar-refractivity contribution in [2.75, 3.05) is 60.0 Å². The van der Waals surface area contributed by atoms with Gasteiger partial charge in [0.2, 0.25) is 0 Å². The number of hydrogen-bond acceptors (Lipinski definition) is 5. The molecule has 2 aliphatic rings. The fraction of sp³-hybridized carbons (Fsp3) is 0.519. The molecule has 1 unspecified atom stereocenters. The summed E-state index contributed by atoms with van der Waals surface area (Å²) in [6.45, 7) is 7.90. The van der Waals surface area contributed by atoms with Gasteiger partial charge in [-0.25, -0.2) is 4.79 Å². The van der Waals surface area contributed by atoms with Gasteiger partial charge in [0.15, 0.2) is 0 Å². The molecular weight excluding hydrogens is 428 g/mol. The highest BCUT2D eigenvalue weighted by Crippen LogP contribution is 2.38. The predicted octanol–water partition coefficient (Wildman–Crippen LogP) is 3.76. The van der Waals surface area contributed by atoms with Gasteiger partial charge in [-0.15, -0.1) is 0 Å². The number of benzene rings is 2. The summed E-state index contributed by atoms with van der Waals surface area (Å²) in [6, 6.07) is 16.6. The van der Waals surface area contributed by atoms with Gasteiger partial charge in [-0.05, 0) is 43.5 Å². The van der Waals surface area contributed by atoms with Gasteiger partial charge in [0.05, 0.1) is 20.3 Å². The number of nitrogens with zero attached hydrogens (tertiary/aromatic N) is 3. The molecule has 0 spiro atoms. The van der Waals surface area contributed by atoms with Crippen LogP contribution in [0.15, 0.2) is 48.5 Å². The Balaban J connectivity index is 1.19. The van der Waals surface area contributed by atoms with Gasteiger partial charge in [-0.3, -0.25) is 4.90 Å². The first-order valence-electron chi connectivity index (χ1n) is 12.4. The molecule has 2 aromatic rings. The van der Waals surface area contributed by atoms with Crippen LogP contribution in [0.1, 0.15) is 36.4 Å². The SMILES string of the molecule is COc1ccc(C2CCCN2C(=O)NCCCN2CCN(Cc3ccccc3)CC2)c(OC)c1. The quantitative estimate of drug-likeness (QED) is 0.571. The topological polar surface area (TPSA) is 57.3 Å². The van der Waals surface area contributed by atoms with Crippen LogP contribution in [0, 0.1) is 0 Å². The van der Waals surface area contributed by atoms with Crippen LogP contribution in [0.5, 0.6) is 11.5 Å². The van der Waals surface area contributed by atoms with Crippen LogP contribution in [-0.2, 0) is 6.54 Å². The fourth-order valence-corrected chi connectivity index (χ4v) is 5.04. The van der Waals surface area contributed by atoms with E-state index in [4.69, 9.17) is 9.47 Å². The minimum Gasteiger partial charge on any atom is -0.497 e. The van der Waals surface area contributed by atoms with Crippen LogP contribution in [-0.4, -0.2) is 80.8 Å². The van der Waals surface area contributed by atoms with Gasteiger partial charge in [0.1, 0.15) is 11.5 Å². The van der Waals surface area contributed by atoms with Crippen molar-refractivity contribution in [3.63, 3.8) is 0 Å². The number of piperazine rings is 1. The minimum absolute atomic E-state index is 0.0213. The molecule has 2 amide bonds. The number of methoxy groups -OCH3 is 2. The summed E-state index contributed by atoms with van der Waals surface area (Å²) in [7, 11) is 3.31. The first kappa shape index (κ1) is 24.4. The Bertz CT molecular complexity index is 915. The Morgan fingerprint density at radius 2 is 1.74 bits per heavy atom. The highest BCUT2D eigenvalue weighted by molar-refractivity contribution is 5.75. The summed E-state index contributed by atoms with van der Waals surface area (Å²) < 4.78 is 10.9. The van der Waals surface area contributed by atoms with Crippen molar-refractivity contribution in [3.8, 4) is 11.5 Å².